The third-order valence-corrected chi connectivity index (χ3v) is 3.69. The molecule has 1 aromatic rings. The van der Waals surface area contributed by atoms with E-state index in [0.717, 1.165) is 5.56 Å². The second-order valence-corrected chi connectivity index (χ2v) is 8.75. The summed E-state index contributed by atoms with van der Waals surface area (Å²) in [5.41, 5.74) is 0.320. The number of hydrogen-bond acceptors (Lipinski definition) is 5. The van der Waals surface area contributed by atoms with Gasteiger partial charge in [-0.1, -0.05) is 6.07 Å². The topological polar surface area (TPSA) is 102 Å². The summed E-state index contributed by atoms with van der Waals surface area (Å²) >= 11 is 0. The highest BCUT2D eigenvalue weighted by molar-refractivity contribution is 5.88. The van der Waals surface area contributed by atoms with Crippen molar-refractivity contribution in [3.05, 3.63) is 34.9 Å². The van der Waals surface area contributed by atoms with Gasteiger partial charge in [0.25, 0.3) is 0 Å². The Morgan fingerprint density at radius 3 is 2.11 bits per heavy atom. The Kier molecular flexibility index (Phi) is 7.61. The predicted molar refractivity (Wildman–Crippen MR) is 106 cm³/mol. The minimum atomic E-state index is -1.06. The van der Waals surface area contributed by atoms with Crippen molar-refractivity contribution in [1.29, 1.82) is 0 Å². The van der Waals surface area contributed by atoms with Gasteiger partial charge in [0, 0.05) is 12.5 Å². The lowest BCUT2D eigenvalue weighted by atomic mass is 9.90. The average molecular weight is 393 g/mol. The minimum absolute atomic E-state index is 0.00300. The zero-order valence-corrected chi connectivity index (χ0v) is 17.7. The maximum Gasteiger partial charge on any atom is 0.407 e. The number of carboxylic acid groups (broad SMARTS) is 1. The molecule has 2 N–H and O–H groups in total. The van der Waals surface area contributed by atoms with Crippen LogP contribution in [0.1, 0.15) is 75.4 Å². The molecule has 1 aromatic carbocycles. The van der Waals surface area contributed by atoms with Crippen LogP contribution >= 0.6 is 0 Å². The first-order valence-corrected chi connectivity index (χ1v) is 9.20. The van der Waals surface area contributed by atoms with Crippen molar-refractivity contribution >= 4 is 18.0 Å². The zero-order chi connectivity index (χ0) is 21.7. The molecular formula is C21H31NO6. The Morgan fingerprint density at radius 2 is 1.61 bits per heavy atom. The first-order chi connectivity index (χ1) is 12.7. The van der Waals surface area contributed by atoms with E-state index in [4.69, 9.17) is 9.47 Å². The van der Waals surface area contributed by atoms with Gasteiger partial charge < -0.3 is 19.9 Å². The lowest BCUT2D eigenvalue weighted by molar-refractivity contribution is -0.155. The van der Waals surface area contributed by atoms with Crippen molar-refractivity contribution in [2.45, 2.75) is 72.0 Å². The van der Waals surface area contributed by atoms with Gasteiger partial charge >= 0.3 is 18.0 Å². The van der Waals surface area contributed by atoms with Crippen LogP contribution < -0.4 is 5.32 Å². The highest BCUT2D eigenvalue weighted by Gasteiger charge is 2.25. The molecule has 0 saturated heterocycles. The van der Waals surface area contributed by atoms with Gasteiger partial charge in [0.1, 0.15) is 11.2 Å². The van der Waals surface area contributed by atoms with Gasteiger partial charge in [-0.05, 0) is 71.7 Å². The predicted octanol–water partition coefficient (Wildman–Crippen LogP) is 4.03. The maximum absolute atomic E-state index is 12.4. The van der Waals surface area contributed by atoms with Gasteiger partial charge in [0.05, 0.1) is 12.0 Å². The van der Waals surface area contributed by atoms with Crippen LogP contribution in [0.2, 0.25) is 0 Å². The smallest absolute Gasteiger partial charge is 0.407 e. The highest BCUT2D eigenvalue weighted by Crippen LogP contribution is 2.26. The van der Waals surface area contributed by atoms with Crippen LogP contribution in [0.5, 0.6) is 0 Å². The summed E-state index contributed by atoms with van der Waals surface area (Å²) < 4.78 is 10.6. The second-order valence-electron chi connectivity index (χ2n) is 8.75. The fourth-order valence-electron chi connectivity index (χ4n) is 2.61. The highest BCUT2D eigenvalue weighted by atomic mass is 16.6. The lowest BCUT2D eigenvalue weighted by Gasteiger charge is -2.25. The average Bonchev–Trinajstić information content (AvgIpc) is 2.48. The molecule has 156 valence electrons. The quantitative estimate of drug-likeness (QED) is 0.708. The molecule has 0 heterocycles. The first-order valence-electron chi connectivity index (χ1n) is 9.20. The number of esters is 1. The van der Waals surface area contributed by atoms with Gasteiger partial charge in [-0.15, -0.1) is 0 Å². The number of benzene rings is 1. The Balaban J connectivity index is 3.07. The van der Waals surface area contributed by atoms with Gasteiger partial charge in [0.15, 0.2) is 0 Å². The van der Waals surface area contributed by atoms with E-state index < -0.39 is 35.2 Å². The zero-order valence-electron chi connectivity index (χ0n) is 17.7. The van der Waals surface area contributed by atoms with Crippen molar-refractivity contribution in [3.63, 3.8) is 0 Å². The van der Waals surface area contributed by atoms with Crippen LogP contribution in [0.15, 0.2) is 18.2 Å². The van der Waals surface area contributed by atoms with E-state index in [-0.39, 0.29) is 18.5 Å². The normalized spacial score (nSPS) is 12.8. The van der Waals surface area contributed by atoms with Crippen molar-refractivity contribution in [3.8, 4) is 0 Å². The van der Waals surface area contributed by atoms with Gasteiger partial charge in [-0.2, -0.15) is 0 Å². The van der Waals surface area contributed by atoms with E-state index in [1.54, 1.807) is 47.6 Å². The lowest BCUT2D eigenvalue weighted by Crippen LogP contribution is -2.36. The van der Waals surface area contributed by atoms with Crippen LogP contribution in [0.4, 0.5) is 4.79 Å². The fraction of sp³-hybridized carbons (Fsp3) is 0.571. The minimum Gasteiger partial charge on any atom is -0.478 e. The van der Waals surface area contributed by atoms with Crippen molar-refractivity contribution in [1.82, 2.24) is 5.32 Å². The van der Waals surface area contributed by atoms with Crippen molar-refractivity contribution < 1.29 is 29.0 Å². The Hall–Kier alpha value is -2.57. The van der Waals surface area contributed by atoms with Crippen LogP contribution in [0.3, 0.4) is 0 Å². The molecule has 0 radical (unpaired) electrons. The molecule has 0 aliphatic rings. The Labute approximate surface area is 166 Å². The van der Waals surface area contributed by atoms with Crippen LogP contribution in [0, 0.1) is 6.92 Å². The third-order valence-electron chi connectivity index (χ3n) is 3.69. The van der Waals surface area contributed by atoms with Gasteiger partial charge in [-0.3, -0.25) is 4.79 Å². The molecule has 1 rings (SSSR count). The Bertz CT molecular complexity index is 727. The van der Waals surface area contributed by atoms with E-state index in [2.05, 4.69) is 5.32 Å². The molecule has 1 unspecified atom stereocenters. The molecule has 7 nitrogen and oxygen atoms in total. The summed E-state index contributed by atoms with van der Waals surface area (Å²) in [7, 11) is 0. The van der Waals surface area contributed by atoms with E-state index >= 15 is 0 Å². The second kappa shape index (κ2) is 9.08. The molecule has 1 atom stereocenters. The SMILES string of the molecule is Cc1ccc(C(=O)O)cc1C(CNC(=O)OC(C)(C)C)CC(=O)OC(C)(C)C. The molecule has 0 aromatic heterocycles. The number of rotatable bonds is 6. The molecule has 0 aliphatic heterocycles. The summed E-state index contributed by atoms with van der Waals surface area (Å²) in [4.78, 5) is 35.7. The molecule has 1 amide bonds. The van der Waals surface area contributed by atoms with Gasteiger partial charge in [-0.25, -0.2) is 9.59 Å². The van der Waals surface area contributed by atoms with E-state index in [9.17, 15) is 19.5 Å². The molecular weight excluding hydrogens is 362 g/mol. The number of carbonyl (C=O) groups excluding carboxylic acids is 2. The summed E-state index contributed by atoms with van der Waals surface area (Å²) in [6, 6.07) is 4.73. The van der Waals surface area contributed by atoms with Gasteiger partial charge in [0.2, 0.25) is 0 Å². The summed E-state index contributed by atoms with van der Waals surface area (Å²) in [5.74, 6) is -1.94. The third kappa shape index (κ3) is 8.41. The molecule has 0 aliphatic carbocycles. The number of hydrogen-bond donors (Lipinski definition) is 2. The standard InChI is InChI=1S/C21H31NO6/c1-13-8-9-14(18(24)25)10-16(13)15(11-17(23)27-20(2,3)4)12-22-19(26)28-21(5,6)7/h8-10,15H,11-12H2,1-7H3,(H,22,26)(H,24,25). The number of aryl methyl sites for hydroxylation is 1. The number of ether oxygens (including phenoxy) is 2. The molecule has 0 saturated carbocycles. The van der Waals surface area contributed by atoms with Crippen molar-refractivity contribution in [2.24, 2.45) is 0 Å². The van der Waals surface area contributed by atoms with Crippen LogP contribution in [0.25, 0.3) is 0 Å². The number of aromatic carboxylic acids is 1. The molecule has 0 bridgehead atoms. The molecule has 7 heteroatoms. The fourth-order valence-corrected chi connectivity index (χ4v) is 2.61. The monoisotopic (exact) mass is 393 g/mol. The van der Waals surface area contributed by atoms with E-state index in [0.29, 0.717) is 5.56 Å². The number of nitrogens with one attached hydrogen (secondary N) is 1. The van der Waals surface area contributed by atoms with Crippen LogP contribution in [-0.4, -0.2) is 40.9 Å². The summed E-state index contributed by atoms with van der Waals surface area (Å²) in [5, 5.41) is 11.9. The molecule has 0 spiro atoms. The van der Waals surface area contributed by atoms with E-state index in [1.165, 1.54) is 12.1 Å². The molecule has 0 fully saturated rings. The molecule has 28 heavy (non-hydrogen) atoms. The number of carbonyl (C=O) groups is 3. The van der Waals surface area contributed by atoms with E-state index in [1.807, 2.05) is 6.92 Å². The van der Waals surface area contributed by atoms with Crippen molar-refractivity contribution in [2.75, 3.05) is 6.54 Å². The number of alkyl carbamates (subject to hydrolysis) is 1. The largest absolute Gasteiger partial charge is 0.478 e. The maximum atomic E-state index is 12.4. The van der Waals surface area contributed by atoms with Crippen LogP contribution in [-0.2, 0) is 14.3 Å². The number of carboxylic acids is 1. The first kappa shape index (κ1) is 23.5. The summed E-state index contributed by atoms with van der Waals surface area (Å²) in [6.07, 6.45) is -0.606. The Morgan fingerprint density at radius 1 is 1.04 bits per heavy atom. The number of amides is 1. The summed E-state index contributed by atoms with van der Waals surface area (Å²) in [6.45, 7) is 12.5.